The highest BCUT2D eigenvalue weighted by Crippen LogP contribution is 2.28. The van der Waals surface area contributed by atoms with E-state index in [9.17, 15) is 9.59 Å². The van der Waals surface area contributed by atoms with Gasteiger partial charge in [-0.2, -0.15) is 0 Å². The molecule has 1 fully saturated rings. The molecule has 0 aliphatic carbocycles. The Morgan fingerprint density at radius 2 is 1.85 bits per heavy atom. The van der Waals surface area contributed by atoms with Gasteiger partial charge in [0.1, 0.15) is 17.4 Å². The van der Waals surface area contributed by atoms with Crippen LogP contribution >= 0.6 is 0 Å². The van der Waals surface area contributed by atoms with Crippen molar-refractivity contribution in [2.45, 2.75) is 12.8 Å². The maximum Gasteiger partial charge on any atom is 0.239 e. The first-order chi connectivity index (χ1) is 13.1. The normalized spacial score (nSPS) is 16.3. The molecular formula is C21H24N2O4. The van der Waals surface area contributed by atoms with E-state index in [1.807, 2.05) is 48.5 Å². The summed E-state index contributed by atoms with van der Waals surface area (Å²) in [4.78, 5) is 26.8. The molecule has 1 aliphatic rings. The van der Waals surface area contributed by atoms with E-state index < -0.39 is 5.92 Å². The molecule has 2 aromatic carbocycles. The summed E-state index contributed by atoms with van der Waals surface area (Å²) in [5.41, 5.74) is 1.86. The summed E-state index contributed by atoms with van der Waals surface area (Å²) in [7, 11) is 3.21. The fourth-order valence-electron chi connectivity index (χ4n) is 3.20. The van der Waals surface area contributed by atoms with Crippen LogP contribution in [-0.2, 0) is 16.0 Å². The Labute approximate surface area is 159 Å². The third-order valence-corrected chi connectivity index (χ3v) is 4.76. The monoisotopic (exact) mass is 368 g/mol. The quantitative estimate of drug-likeness (QED) is 0.762. The molecule has 1 N–H and O–H groups in total. The lowest BCUT2D eigenvalue weighted by Gasteiger charge is -2.17. The first-order valence-electron chi connectivity index (χ1n) is 8.98. The van der Waals surface area contributed by atoms with E-state index >= 15 is 0 Å². The van der Waals surface area contributed by atoms with Crippen LogP contribution in [0.1, 0.15) is 12.0 Å². The topological polar surface area (TPSA) is 67.9 Å². The number of nitrogens with zero attached hydrogens (tertiary/aromatic N) is 1. The minimum absolute atomic E-state index is 0.162. The standard InChI is InChI=1S/C21H24N2O4/c1-26-17-8-6-15(7-9-17)10-12-22-20(24)19-11-13-23(21(19)25)16-4-3-5-18(14-16)27-2/h3-9,14,19H,10-13H2,1-2H3,(H,22,24)/t19-/m0/s1. The second kappa shape index (κ2) is 8.58. The predicted molar refractivity (Wildman–Crippen MR) is 103 cm³/mol. The SMILES string of the molecule is COc1ccc(CCNC(=O)[C@@H]2CCN(c3cccc(OC)c3)C2=O)cc1. The third kappa shape index (κ3) is 4.39. The maximum absolute atomic E-state index is 12.7. The average molecular weight is 368 g/mol. The van der Waals surface area contributed by atoms with Crippen LogP contribution in [-0.4, -0.2) is 39.1 Å². The molecule has 2 aromatic rings. The molecule has 0 saturated carbocycles. The fourth-order valence-corrected chi connectivity index (χ4v) is 3.20. The van der Waals surface area contributed by atoms with Crippen LogP contribution in [0.3, 0.4) is 0 Å². The van der Waals surface area contributed by atoms with E-state index in [4.69, 9.17) is 9.47 Å². The molecule has 27 heavy (non-hydrogen) atoms. The van der Waals surface area contributed by atoms with Crippen LogP contribution < -0.4 is 19.7 Å². The lowest BCUT2D eigenvalue weighted by Crippen LogP contribution is -2.37. The van der Waals surface area contributed by atoms with Crippen molar-refractivity contribution in [1.29, 1.82) is 0 Å². The Kier molecular flexibility index (Phi) is 5.96. The molecule has 1 saturated heterocycles. The van der Waals surface area contributed by atoms with Crippen molar-refractivity contribution < 1.29 is 19.1 Å². The zero-order valence-electron chi connectivity index (χ0n) is 15.6. The van der Waals surface area contributed by atoms with Crippen LogP contribution in [0.4, 0.5) is 5.69 Å². The lowest BCUT2D eigenvalue weighted by atomic mass is 10.1. The van der Waals surface area contributed by atoms with Crippen molar-refractivity contribution in [3.05, 3.63) is 54.1 Å². The first-order valence-corrected chi connectivity index (χ1v) is 8.98. The number of nitrogens with one attached hydrogen (secondary N) is 1. The first kappa shape index (κ1) is 18.8. The van der Waals surface area contributed by atoms with E-state index in [0.717, 1.165) is 17.0 Å². The smallest absolute Gasteiger partial charge is 0.239 e. The van der Waals surface area contributed by atoms with Crippen LogP contribution in [0.5, 0.6) is 11.5 Å². The Bertz CT molecular complexity index is 804. The Hall–Kier alpha value is -3.02. The van der Waals surface area contributed by atoms with Gasteiger partial charge in [-0.15, -0.1) is 0 Å². The molecule has 0 aromatic heterocycles. The van der Waals surface area contributed by atoms with Crippen LogP contribution in [0, 0.1) is 5.92 Å². The predicted octanol–water partition coefficient (Wildman–Crippen LogP) is 2.42. The van der Waals surface area contributed by atoms with E-state index in [-0.39, 0.29) is 11.8 Å². The van der Waals surface area contributed by atoms with E-state index in [1.54, 1.807) is 19.1 Å². The molecule has 0 bridgehead atoms. The molecule has 1 heterocycles. The van der Waals surface area contributed by atoms with Crippen molar-refractivity contribution >= 4 is 17.5 Å². The second-order valence-corrected chi connectivity index (χ2v) is 6.42. The third-order valence-electron chi connectivity index (χ3n) is 4.76. The zero-order chi connectivity index (χ0) is 19.2. The van der Waals surface area contributed by atoms with Gasteiger partial charge in [-0.05, 0) is 42.7 Å². The summed E-state index contributed by atoms with van der Waals surface area (Å²) in [5, 5.41) is 2.88. The average Bonchev–Trinajstić information content (AvgIpc) is 3.10. The van der Waals surface area contributed by atoms with Gasteiger partial charge in [-0.3, -0.25) is 9.59 Å². The minimum atomic E-state index is -0.632. The van der Waals surface area contributed by atoms with Gasteiger partial charge in [0.05, 0.1) is 14.2 Å². The molecule has 0 unspecified atom stereocenters. The highest BCUT2D eigenvalue weighted by molar-refractivity contribution is 6.09. The van der Waals surface area contributed by atoms with Crippen molar-refractivity contribution in [3.63, 3.8) is 0 Å². The van der Waals surface area contributed by atoms with Crippen molar-refractivity contribution in [3.8, 4) is 11.5 Å². The number of hydrogen-bond donors (Lipinski definition) is 1. The van der Waals surface area contributed by atoms with Gasteiger partial charge in [0, 0.05) is 24.8 Å². The van der Waals surface area contributed by atoms with E-state index in [2.05, 4.69) is 5.32 Å². The highest BCUT2D eigenvalue weighted by Gasteiger charge is 2.37. The highest BCUT2D eigenvalue weighted by atomic mass is 16.5. The Balaban J connectivity index is 1.53. The molecule has 142 valence electrons. The van der Waals surface area contributed by atoms with Crippen LogP contribution in [0.2, 0.25) is 0 Å². The molecule has 2 amide bonds. The number of carbonyl (C=O) groups excluding carboxylic acids is 2. The van der Waals surface area contributed by atoms with Gasteiger partial charge < -0.3 is 19.7 Å². The van der Waals surface area contributed by atoms with Gasteiger partial charge in [-0.25, -0.2) is 0 Å². The summed E-state index contributed by atoms with van der Waals surface area (Å²) in [6.45, 7) is 1.02. The maximum atomic E-state index is 12.7. The van der Waals surface area contributed by atoms with Gasteiger partial charge >= 0.3 is 0 Å². The van der Waals surface area contributed by atoms with Gasteiger partial charge in [0.25, 0.3) is 0 Å². The summed E-state index contributed by atoms with van der Waals surface area (Å²) in [6, 6.07) is 15.0. The van der Waals surface area contributed by atoms with Gasteiger partial charge in [-0.1, -0.05) is 18.2 Å². The fraction of sp³-hybridized carbons (Fsp3) is 0.333. The number of benzene rings is 2. The van der Waals surface area contributed by atoms with Crippen molar-refractivity contribution in [2.75, 3.05) is 32.2 Å². The van der Waals surface area contributed by atoms with Crippen molar-refractivity contribution in [2.24, 2.45) is 5.92 Å². The summed E-state index contributed by atoms with van der Waals surface area (Å²) >= 11 is 0. The number of rotatable bonds is 7. The lowest BCUT2D eigenvalue weighted by molar-refractivity contribution is -0.132. The number of ether oxygens (including phenoxy) is 2. The Morgan fingerprint density at radius 1 is 1.11 bits per heavy atom. The van der Waals surface area contributed by atoms with E-state index in [0.29, 0.717) is 31.7 Å². The van der Waals surface area contributed by atoms with Crippen molar-refractivity contribution in [1.82, 2.24) is 5.32 Å². The van der Waals surface area contributed by atoms with Gasteiger partial charge in [0.2, 0.25) is 11.8 Å². The molecule has 0 radical (unpaired) electrons. The largest absolute Gasteiger partial charge is 0.497 e. The molecule has 1 atom stereocenters. The summed E-state index contributed by atoms with van der Waals surface area (Å²) in [6.07, 6.45) is 1.22. The summed E-state index contributed by atoms with van der Waals surface area (Å²) in [5.74, 6) is 0.487. The number of anilines is 1. The Morgan fingerprint density at radius 3 is 2.56 bits per heavy atom. The molecule has 6 nitrogen and oxygen atoms in total. The molecule has 0 spiro atoms. The minimum Gasteiger partial charge on any atom is -0.497 e. The number of methoxy groups -OCH3 is 2. The molecule has 3 rings (SSSR count). The van der Waals surface area contributed by atoms with Gasteiger partial charge in [0.15, 0.2) is 0 Å². The van der Waals surface area contributed by atoms with Crippen LogP contribution in [0.25, 0.3) is 0 Å². The molecule has 1 aliphatic heterocycles. The number of hydrogen-bond acceptors (Lipinski definition) is 4. The zero-order valence-corrected chi connectivity index (χ0v) is 15.6. The number of amides is 2. The molecule has 6 heteroatoms. The van der Waals surface area contributed by atoms with Crippen LogP contribution in [0.15, 0.2) is 48.5 Å². The molecular weight excluding hydrogens is 344 g/mol. The number of carbonyl (C=O) groups is 2. The second-order valence-electron chi connectivity index (χ2n) is 6.42. The summed E-state index contributed by atoms with van der Waals surface area (Å²) < 4.78 is 10.3. The van der Waals surface area contributed by atoms with E-state index in [1.165, 1.54) is 0 Å².